The van der Waals surface area contributed by atoms with Crippen molar-refractivity contribution in [3.05, 3.63) is 77.4 Å². The number of nitrogens with zero attached hydrogens (tertiary/aromatic N) is 1. The number of sulfonamides is 1. The molecule has 5 nitrogen and oxygen atoms in total. The Hall–Kier alpha value is -2.44. The number of carbonyl (C=O) groups is 1. The zero-order chi connectivity index (χ0) is 18.4. The molecular formula is C20H19NO4S. The Bertz CT molecular complexity index is 997. The fourth-order valence-corrected chi connectivity index (χ4v) is 5.92. The zero-order valence-electron chi connectivity index (χ0n) is 14.4. The molecule has 2 aromatic rings. The number of carbonyl (C=O) groups excluding carboxylic acids is 1. The second-order valence-corrected chi connectivity index (χ2v) is 8.22. The maximum atomic E-state index is 13.3. The molecule has 0 saturated carbocycles. The Balaban J connectivity index is 1.94. The third-order valence-corrected chi connectivity index (χ3v) is 7.01. The van der Waals surface area contributed by atoms with Gasteiger partial charge in [-0.15, -0.1) is 0 Å². The second kappa shape index (κ2) is 6.07. The summed E-state index contributed by atoms with van der Waals surface area (Å²) in [6.07, 6.45) is 2.21. The van der Waals surface area contributed by atoms with Crippen LogP contribution in [0.5, 0.6) is 0 Å². The van der Waals surface area contributed by atoms with Crippen molar-refractivity contribution in [2.45, 2.75) is 23.8 Å². The molecule has 1 atom stereocenters. The summed E-state index contributed by atoms with van der Waals surface area (Å²) in [4.78, 5) is 12.5. The monoisotopic (exact) mass is 369 g/mol. The number of benzene rings is 2. The Morgan fingerprint density at radius 3 is 2.54 bits per heavy atom. The van der Waals surface area contributed by atoms with Gasteiger partial charge in [-0.3, -0.25) is 0 Å². The third kappa shape index (κ3) is 2.26. The minimum absolute atomic E-state index is 0.00470. The van der Waals surface area contributed by atoms with Gasteiger partial charge in [-0.25, -0.2) is 13.2 Å². The highest BCUT2D eigenvalue weighted by Crippen LogP contribution is 2.52. The summed E-state index contributed by atoms with van der Waals surface area (Å²) >= 11 is 0. The highest BCUT2D eigenvalue weighted by Gasteiger charge is 2.56. The van der Waals surface area contributed by atoms with Crippen molar-refractivity contribution >= 4 is 16.0 Å². The molecule has 2 heterocycles. The van der Waals surface area contributed by atoms with Crippen molar-refractivity contribution in [1.29, 1.82) is 0 Å². The van der Waals surface area contributed by atoms with Gasteiger partial charge in [0.05, 0.1) is 17.0 Å². The van der Waals surface area contributed by atoms with E-state index in [2.05, 4.69) is 0 Å². The van der Waals surface area contributed by atoms with Crippen LogP contribution in [0.4, 0.5) is 0 Å². The highest BCUT2D eigenvalue weighted by atomic mass is 32.2. The van der Waals surface area contributed by atoms with Gasteiger partial charge in [0, 0.05) is 12.1 Å². The van der Waals surface area contributed by atoms with Crippen LogP contribution in [0.15, 0.2) is 71.1 Å². The Labute approximate surface area is 153 Å². The van der Waals surface area contributed by atoms with Gasteiger partial charge in [0.2, 0.25) is 10.0 Å². The van der Waals surface area contributed by atoms with Crippen LogP contribution in [0.25, 0.3) is 0 Å². The Morgan fingerprint density at radius 1 is 1.12 bits per heavy atom. The maximum absolute atomic E-state index is 13.3. The molecule has 0 radical (unpaired) electrons. The van der Waals surface area contributed by atoms with Gasteiger partial charge in [-0.2, -0.15) is 4.31 Å². The Kier molecular flexibility index (Phi) is 3.97. The van der Waals surface area contributed by atoms with Crippen LogP contribution >= 0.6 is 0 Å². The summed E-state index contributed by atoms with van der Waals surface area (Å²) in [7, 11) is -3.71. The molecule has 4 rings (SSSR count). The molecular weight excluding hydrogens is 350 g/mol. The van der Waals surface area contributed by atoms with Crippen molar-refractivity contribution < 1.29 is 17.9 Å². The minimum atomic E-state index is -3.71. The van der Waals surface area contributed by atoms with E-state index in [4.69, 9.17) is 4.74 Å². The lowest BCUT2D eigenvalue weighted by Gasteiger charge is -2.40. The van der Waals surface area contributed by atoms with Crippen molar-refractivity contribution in [2.24, 2.45) is 0 Å². The molecule has 2 aliphatic rings. The van der Waals surface area contributed by atoms with E-state index in [0.717, 1.165) is 11.1 Å². The van der Waals surface area contributed by atoms with Crippen LogP contribution in [-0.4, -0.2) is 31.8 Å². The third-order valence-electron chi connectivity index (χ3n) is 5.07. The number of esters is 1. The second-order valence-electron chi connectivity index (χ2n) is 6.39. The quantitative estimate of drug-likeness (QED) is 0.781. The summed E-state index contributed by atoms with van der Waals surface area (Å²) in [6, 6.07) is 16.7. The van der Waals surface area contributed by atoms with Crippen molar-refractivity contribution in [3.63, 3.8) is 0 Å². The summed E-state index contributed by atoms with van der Waals surface area (Å²) in [5.74, 6) is -0.458. The van der Waals surface area contributed by atoms with Crippen LogP contribution in [0.2, 0.25) is 0 Å². The number of hydrogen-bond donors (Lipinski definition) is 0. The van der Waals surface area contributed by atoms with Gasteiger partial charge in [-0.05, 0) is 30.5 Å². The molecule has 0 saturated heterocycles. The number of ether oxygens (including phenoxy) is 1. The molecule has 0 fully saturated rings. The lowest BCUT2D eigenvalue weighted by Crippen LogP contribution is -2.48. The van der Waals surface area contributed by atoms with Crippen molar-refractivity contribution in [1.82, 2.24) is 4.31 Å². The molecule has 0 aromatic heterocycles. The standard InChI is InChI=1S/C20H19NO4S/c1-2-25-19(22)15-12-13-20(16-8-4-3-5-9-16)17-10-6-7-11-18(17)26(23,24)21(20)14-15/h3-12H,2,13-14H2,1H3. The van der Waals surface area contributed by atoms with Crippen molar-refractivity contribution in [2.75, 3.05) is 13.2 Å². The minimum Gasteiger partial charge on any atom is -0.463 e. The van der Waals surface area contributed by atoms with E-state index in [1.165, 1.54) is 4.31 Å². The average Bonchev–Trinajstić information content (AvgIpc) is 2.88. The maximum Gasteiger partial charge on any atom is 0.335 e. The molecule has 1 unspecified atom stereocenters. The van der Waals surface area contributed by atoms with E-state index in [-0.39, 0.29) is 13.2 Å². The van der Waals surface area contributed by atoms with E-state index in [1.54, 1.807) is 19.1 Å². The number of hydrogen-bond acceptors (Lipinski definition) is 4. The van der Waals surface area contributed by atoms with Gasteiger partial charge in [0.25, 0.3) is 0 Å². The van der Waals surface area contributed by atoms with E-state index < -0.39 is 21.5 Å². The first kappa shape index (κ1) is 17.0. The predicted octanol–water partition coefficient (Wildman–Crippen LogP) is 2.83. The molecule has 134 valence electrons. The molecule has 0 aliphatic carbocycles. The van der Waals surface area contributed by atoms with Gasteiger partial charge >= 0.3 is 5.97 Å². The lowest BCUT2D eigenvalue weighted by molar-refractivity contribution is -0.138. The summed E-state index contributed by atoms with van der Waals surface area (Å²) in [5.41, 5.74) is 1.21. The summed E-state index contributed by atoms with van der Waals surface area (Å²) in [5, 5.41) is 0. The van der Waals surface area contributed by atoms with E-state index >= 15 is 0 Å². The first-order valence-corrected chi connectivity index (χ1v) is 10.00. The van der Waals surface area contributed by atoms with Crippen LogP contribution in [0, 0.1) is 0 Å². The van der Waals surface area contributed by atoms with E-state index in [0.29, 0.717) is 16.9 Å². The lowest BCUT2D eigenvalue weighted by atomic mass is 9.77. The molecule has 0 spiro atoms. The SMILES string of the molecule is CCOC(=O)C1=CCC2(c3ccccc3)c3ccccc3S(=O)(=O)N2C1. The van der Waals surface area contributed by atoms with Crippen LogP contribution in [-0.2, 0) is 25.1 Å². The largest absolute Gasteiger partial charge is 0.463 e. The first-order valence-electron chi connectivity index (χ1n) is 8.56. The first-order chi connectivity index (χ1) is 12.5. The van der Waals surface area contributed by atoms with E-state index in [1.807, 2.05) is 48.5 Å². The fraction of sp³-hybridized carbons (Fsp3) is 0.250. The smallest absolute Gasteiger partial charge is 0.335 e. The molecule has 0 N–H and O–H groups in total. The topological polar surface area (TPSA) is 63.7 Å². The number of fused-ring (bicyclic) bond motifs is 3. The van der Waals surface area contributed by atoms with Gasteiger partial charge < -0.3 is 4.74 Å². The van der Waals surface area contributed by atoms with Gasteiger partial charge in [0.1, 0.15) is 0 Å². The Morgan fingerprint density at radius 2 is 1.81 bits per heavy atom. The summed E-state index contributed by atoms with van der Waals surface area (Å²) in [6.45, 7) is 2.00. The van der Waals surface area contributed by atoms with Gasteiger partial charge in [-0.1, -0.05) is 54.6 Å². The zero-order valence-corrected chi connectivity index (χ0v) is 15.2. The molecule has 26 heavy (non-hydrogen) atoms. The molecule has 0 amide bonds. The van der Waals surface area contributed by atoms with Crippen LogP contribution < -0.4 is 0 Å². The van der Waals surface area contributed by atoms with Crippen LogP contribution in [0.3, 0.4) is 0 Å². The van der Waals surface area contributed by atoms with E-state index in [9.17, 15) is 13.2 Å². The molecule has 2 aliphatic heterocycles. The highest BCUT2D eigenvalue weighted by molar-refractivity contribution is 7.89. The van der Waals surface area contributed by atoms with Gasteiger partial charge in [0.15, 0.2) is 0 Å². The molecule has 2 aromatic carbocycles. The summed E-state index contributed by atoms with van der Waals surface area (Å²) < 4.78 is 33.1. The van der Waals surface area contributed by atoms with Crippen LogP contribution in [0.1, 0.15) is 24.5 Å². The fourth-order valence-electron chi connectivity index (χ4n) is 3.92. The molecule has 0 bridgehead atoms. The number of rotatable bonds is 3. The average molecular weight is 369 g/mol. The molecule has 6 heteroatoms. The predicted molar refractivity (Wildman–Crippen MR) is 96.9 cm³/mol. The normalized spacial score (nSPS) is 23.7. The van der Waals surface area contributed by atoms with Crippen molar-refractivity contribution in [3.8, 4) is 0 Å².